The van der Waals surface area contributed by atoms with Crippen LogP contribution in [0.3, 0.4) is 0 Å². The molecule has 1 aliphatic heterocycles. The molecule has 16 heavy (non-hydrogen) atoms. The molecule has 4 heteroatoms. The van der Waals surface area contributed by atoms with Crippen molar-refractivity contribution >= 4 is 5.91 Å². The molecule has 0 atom stereocenters. The first kappa shape index (κ1) is 11.0. The molecule has 0 fully saturated rings. The lowest BCUT2D eigenvalue weighted by Crippen LogP contribution is -2.29. The van der Waals surface area contributed by atoms with Crippen molar-refractivity contribution in [3.05, 3.63) is 29.3 Å². The second-order valence-electron chi connectivity index (χ2n) is 3.87. The van der Waals surface area contributed by atoms with Crippen molar-refractivity contribution in [2.45, 2.75) is 19.4 Å². The van der Waals surface area contributed by atoms with Gasteiger partial charge in [-0.2, -0.15) is 0 Å². The van der Waals surface area contributed by atoms with Crippen LogP contribution in [0.15, 0.2) is 18.2 Å². The number of amides is 1. The molecule has 1 aliphatic rings. The van der Waals surface area contributed by atoms with Crippen LogP contribution in [0.1, 0.15) is 17.5 Å². The SMILES string of the molecule is NCC(=O)NCc1ccc2c(c1)CCCO2. The molecule has 0 saturated carbocycles. The Morgan fingerprint density at radius 2 is 2.38 bits per heavy atom. The maximum atomic E-state index is 11.0. The van der Waals surface area contributed by atoms with Gasteiger partial charge in [-0.25, -0.2) is 0 Å². The number of carbonyl (C=O) groups excluding carboxylic acids is 1. The fraction of sp³-hybridized carbons (Fsp3) is 0.417. The van der Waals surface area contributed by atoms with Gasteiger partial charge in [0.05, 0.1) is 13.2 Å². The minimum Gasteiger partial charge on any atom is -0.493 e. The molecule has 1 aromatic carbocycles. The Morgan fingerprint density at radius 3 is 3.19 bits per heavy atom. The van der Waals surface area contributed by atoms with Crippen molar-refractivity contribution in [3.8, 4) is 5.75 Å². The van der Waals surface area contributed by atoms with E-state index in [9.17, 15) is 4.79 Å². The van der Waals surface area contributed by atoms with E-state index in [0.717, 1.165) is 30.8 Å². The Labute approximate surface area is 94.8 Å². The van der Waals surface area contributed by atoms with Crippen molar-refractivity contribution in [3.63, 3.8) is 0 Å². The van der Waals surface area contributed by atoms with E-state index in [-0.39, 0.29) is 12.5 Å². The van der Waals surface area contributed by atoms with Crippen LogP contribution in [0.25, 0.3) is 0 Å². The third-order valence-electron chi connectivity index (χ3n) is 2.65. The van der Waals surface area contributed by atoms with Crippen LogP contribution in [0.4, 0.5) is 0 Å². The summed E-state index contributed by atoms with van der Waals surface area (Å²) in [5.41, 5.74) is 7.53. The number of benzene rings is 1. The maximum Gasteiger partial charge on any atom is 0.234 e. The molecule has 0 spiro atoms. The topological polar surface area (TPSA) is 64.4 Å². The Hall–Kier alpha value is -1.55. The summed E-state index contributed by atoms with van der Waals surface area (Å²) in [5.74, 6) is 0.842. The minimum atomic E-state index is -0.131. The summed E-state index contributed by atoms with van der Waals surface area (Å²) in [4.78, 5) is 11.0. The number of ether oxygens (including phenoxy) is 1. The fourth-order valence-electron chi connectivity index (χ4n) is 1.80. The highest BCUT2D eigenvalue weighted by Gasteiger charge is 2.10. The van der Waals surface area contributed by atoms with Crippen LogP contribution in [-0.2, 0) is 17.8 Å². The fourth-order valence-corrected chi connectivity index (χ4v) is 1.80. The van der Waals surface area contributed by atoms with Crippen molar-refractivity contribution in [1.82, 2.24) is 5.32 Å². The van der Waals surface area contributed by atoms with E-state index in [1.54, 1.807) is 0 Å². The molecule has 1 heterocycles. The van der Waals surface area contributed by atoms with Crippen LogP contribution >= 0.6 is 0 Å². The van der Waals surface area contributed by atoms with Crippen molar-refractivity contribution in [1.29, 1.82) is 0 Å². The zero-order chi connectivity index (χ0) is 11.4. The van der Waals surface area contributed by atoms with Gasteiger partial charge in [-0.05, 0) is 30.0 Å². The van der Waals surface area contributed by atoms with Gasteiger partial charge in [-0.3, -0.25) is 4.79 Å². The molecule has 4 nitrogen and oxygen atoms in total. The largest absolute Gasteiger partial charge is 0.493 e. The van der Waals surface area contributed by atoms with Gasteiger partial charge in [0.25, 0.3) is 0 Å². The lowest BCUT2D eigenvalue weighted by molar-refractivity contribution is -0.119. The highest BCUT2D eigenvalue weighted by molar-refractivity contribution is 5.77. The summed E-state index contributed by atoms with van der Waals surface area (Å²) < 4.78 is 5.52. The number of hydrogen-bond donors (Lipinski definition) is 2. The van der Waals surface area contributed by atoms with E-state index in [1.807, 2.05) is 12.1 Å². The predicted molar refractivity (Wildman–Crippen MR) is 61.2 cm³/mol. The Kier molecular flexibility index (Phi) is 3.41. The zero-order valence-electron chi connectivity index (χ0n) is 9.16. The number of nitrogens with two attached hydrogens (primary N) is 1. The summed E-state index contributed by atoms with van der Waals surface area (Å²) in [6, 6.07) is 6.03. The van der Waals surface area contributed by atoms with Gasteiger partial charge in [0, 0.05) is 6.54 Å². The van der Waals surface area contributed by atoms with Crippen molar-refractivity contribution in [2.75, 3.05) is 13.2 Å². The highest BCUT2D eigenvalue weighted by atomic mass is 16.5. The monoisotopic (exact) mass is 220 g/mol. The van der Waals surface area contributed by atoms with Crippen LogP contribution in [0.5, 0.6) is 5.75 Å². The summed E-state index contributed by atoms with van der Waals surface area (Å²) in [7, 11) is 0. The molecule has 0 saturated heterocycles. The van der Waals surface area contributed by atoms with Gasteiger partial charge in [0.2, 0.25) is 5.91 Å². The Bertz CT molecular complexity index is 391. The summed E-state index contributed by atoms with van der Waals surface area (Å²) in [6.45, 7) is 1.37. The van der Waals surface area contributed by atoms with Crippen LogP contribution in [-0.4, -0.2) is 19.1 Å². The molecule has 0 unspecified atom stereocenters. The second kappa shape index (κ2) is 4.99. The van der Waals surface area contributed by atoms with Gasteiger partial charge in [0.15, 0.2) is 0 Å². The molecule has 0 aliphatic carbocycles. The lowest BCUT2D eigenvalue weighted by atomic mass is 10.0. The first-order valence-electron chi connectivity index (χ1n) is 5.51. The molecule has 0 radical (unpaired) electrons. The van der Waals surface area contributed by atoms with E-state index in [4.69, 9.17) is 10.5 Å². The number of aryl methyl sites for hydroxylation is 1. The van der Waals surface area contributed by atoms with E-state index < -0.39 is 0 Å². The number of fused-ring (bicyclic) bond motifs is 1. The van der Waals surface area contributed by atoms with E-state index in [1.165, 1.54) is 5.56 Å². The molecular weight excluding hydrogens is 204 g/mol. The Morgan fingerprint density at radius 1 is 1.50 bits per heavy atom. The molecule has 2 rings (SSSR count). The standard InChI is InChI=1S/C12H16N2O2/c13-7-12(15)14-8-9-3-4-11-10(6-9)2-1-5-16-11/h3-4,6H,1-2,5,7-8,13H2,(H,14,15). The summed E-state index contributed by atoms with van der Waals surface area (Å²) in [6.07, 6.45) is 2.11. The third-order valence-corrected chi connectivity index (χ3v) is 2.65. The van der Waals surface area contributed by atoms with E-state index in [0.29, 0.717) is 6.54 Å². The molecular formula is C12H16N2O2. The maximum absolute atomic E-state index is 11.0. The summed E-state index contributed by atoms with van der Waals surface area (Å²) in [5, 5.41) is 2.75. The van der Waals surface area contributed by atoms with Crippen molar-refractivity contribution in [2.24, 2.45) is 5.73 Å². The van der Waals surface area contributed by atoms with Gasteiger partial charge in [0.1, 0.15) is 5.75 Å². The van der Waals surface area contributed by atoms with Crippen LogP contribution in [0, 0.1) is 0 Å². The summed E-state index contributed by atoms with van der Waals surface area (Å²) >= 11 is 0. The predicted octanol–water partition coefficient (Wildman–Crippen LogP) is 0.587. The van der Waals surface area contributed by atoms with Gasteiger partial charge in [-0.15, -0.1) is 0 Å². The molecule has 0 bridgehead atoms. The zero-order valence-corrected chi connectivity index (χ0v) is 9.16. The Balaban J connectivity index is 2.03. The third kappa shape index (κ3) is 2.52. The van der Waals surface area contributed by atoms with E-state index in [2.05, 4.69) is 11.4 Å². The normalized spacial score (nSPS) is 13.8. The minimum absolute atomic E-state index is 0.0358. The van der Waals surface area contributed by atoms with Gasteiger partial charge < -0.3 is 15.8 Å². The quantitative estimate of drug-likeness (QED) is 0.783. The van der Waals surface area contributed by atoms with Gasteiger partial charge >= 0.3 is 0 Å². The average molecular weight is 220 g/mol. The average Bonchev–Trinajstić information content (AvgIpc) is 2.35. The number of hydrogen-bond acceptors (Lipinski definition) is 3. The first-order valence-corrected chi connectivity index (χ1v) is 5.51. The number of nitrogens with one attached hydrogen (secondary N) is 1. The lowest BCUT2D eigenvalue weighted by Gasteiger charge is -2.17. The first-order chi connectivity index (χ1) is 7.79. The van der Waals surface area contributed by atoms with Crippen LogP contribution in [0.2, 0.25) is 0 Å². The van der Waals surface area contributed by atoms with E-state index >= 15 is 0 Å². The van der Waals surface area contributed by atoms with Crippen molar-refractivity contribution < 1.29 is 9.53 Å². The molecule has 1 amide bonds. The highest BCUT2D eigenvalue weighted by Crippen LogP contribution is 2.25. The van der Waals surface area contributed by atoms with Gasteiger partial charge in [-0.1, -0.05) is 12.1 Å². The number of carbonyl (C=O) groups is 1. The van der Waals surface area contributed by atoms with Crippen LogP contribution < -0.4 is 15.8 Å². The second-order valence-corrected chi connectivity index (χ2v) is 3.87. The smallest absolute Gasteiger partial charge is 0.234 e. The molecule has 86 valence electrons. The molecule has 1 aromatic rings. The number of rotatable bonds is 3. The molecule has 0 aromatic heterocycles. The molecule has 3 N–H and O–H groups in total.